The van der Waals surface area contributed by atoms with Gasteiger partial charge in [-0.3, -0.25) is 0 Å². The summed E-state index contributed by atoms with van der Waals surface area (Å²) in [6.45, 7) is 1.04. The molecule has 0 bridgehead atoms. The molecule has 100 valence electrons. The molecule has 1 unspecified atom stereocenters. The van der Waals surface area contributed by atoms with Crippen molar-refractivity contribution in [2.24, 2.45) is 0 Å². The van der Waals surface area contributed by atoms with Crippen molar-refractivity contribution >= 4 is 21.6 Å². The number of rotatable bonds is 4. The fourth-order valence-electron chi connectivity index (χ4n) is 1.79. The van der Waals surface area contributed by atoms with E-state index in [0.717, 1.165) is 12.8 Å². The van der Waals surface area contributed by atoms with Crippen molar-refractivity contribution < 1.29 is 13.2 Å². The number of ether oxygens (including phenoxy) is 1. The lowest BCUT2D eigenvalue weighted by Gasteiger charge is -2.20. The minimum Gasteiger partial charge on any atom is -0.377 e. The van der Waals surface area contributed by atoms with Crippen LogP contribution in [0, 0.1) is 0 Å². The molecule has 6 nitrogen and oxygen atoms in total. The quantitative estimate of drug-likeness (QED) is 0.772. The Bertz CT molecular complexity index is 500. The summed E-state index contributed by atoms with van der Waals surface area (Å²) < 4.78 is 31.0. The Morgan fingerprint density at radius 3 is 2.72 bits per heavy atom. The zero-order chi connectivity index (χ0) is 13.2. The van der Waals surface area contributed by atoms with Gasteiger partial charge in [0, 0.05) is 20.2 Å². The Kier molecular flexibility index (Phi) is 4.16. The summed E-state index contributed by atoms with van der Waals surface area (Å²) in [5.41, 5.74) is 0. The lowest BCUT2D eigenvalue weighted by atomic mass is 10.2. The first-order valence-electron chi connectivity index (χ1n) is 5.55. The molecule has 1 aromatic rings. The van der Waals surface area contributed by atoms with Crippen LogP contribution >= 0.6 is 11.6 Å². The van der Waals surface area contributed by atoms with E-state index in [9.17, 15) is 8.42 Å². The average molecular weight is 292 g/mol. The molecule has 1 saturated heterocycles. The molecule has 0 amide bonds. The lowest BCUT2D eigenvalue weighted by molar-refractivity contribution is 0.0979. The maximum Gasteiger partial charge on any atom is 0.245 e. The Hall–Kier alpha value is -0.760. The normalized spacial score (nSPS) is 20.5. The zero-order valence-corrected chi connectivity index (χ0v) is 11.5. The summed E-state index contributed by atoms with van der Waals surface area (Å²) in [6.07, 6.45) is 4.24. The third kappa shape index (κ3) is 2.97. The van der Waals surface area contributed by atoms with Gasteiger partial charge in [0.25, 0.3) is 0 Å². The van der Waals surface area contributed by atoms with Crippen molar-refractivity contribution in [3.05, 3.63) is 17.7 Å². The molecule has 0 N–H and O–H groups in total. The molecule has 1 fully saturated rings. The Morgan fingerprint density at radius 2 is 2.17 bits per heavy atom. The lowest BCUT2D eigenvalue weighted by Crippen LogP contribution is -2.34. The molecule has 2 rings (SSSR count). The van der Waals surface area contributed by atoms with Gasteiger partial charge in [0.1, 0.15) is 4.90 Å². The van der Waals surface area contributed by atoms with E-state index in [1.165, 1.54) is 23.7 Å². The molecule has 8 heteroatoms. The molecular formula is C10H14ClN3O3S. The van der Waals surface area contributed by atoms with Gasteiger partial charge in [-0.1, -0.05) is 0 Å². The number of hydrogen-bond donors (Lipinski definition) is 0. The third-order valence-corrected chi connectivity index (χ3v) is 4.76. The Balaban J connectivity index is 2.11. The van der Waals surface area contributed by atoms with Crippen LogP contribution in [0.15, 0.2) is 17.3 Å². The van der Waals surface area contributed by atoms with Crippen LogP contribution in [0.2, 0.25) is 5.28 Å². The van der Waals surface area contributed by atoms with E-state index >= 15 is 0 Å². The fourth-order valence-corrected chi connectivity index (χ4v) is 2.98. The predicted octanol–water partition coefficient (Wildman–Crippen LogP) is 0.930. The molecule has 0 aliphatic carbocycles. The van der Waals surface area contributed by atoms with E-state index in [1.54, 1.807) is 0 Å². The molecule has 0 aromatic carbocycles. The van der Waals surface area contributed by atoms with E-state index < -0.39 is 10.0 Å². The molecule has 1 aromatic heterocycles. The molecule has 0 spiro atoms. The minimum atomic E-state index is -3.57. The summed E-state index contributed by atoms with van der Waals surface area (Å²) in [6, 6.07) is 0. The second kappa shape index (κ2) is 5.48. The molecule has 1 aliphatic rings. The van der Waals surface area contributed by atoms with E-state index in [4.69, 9.17) is 16.3 Å². The number of halogens is 1. The third-order valence-electron chi connectivity index (χ3n) is 2.79. The second-order valence-corrected chi connectivity index (χ2v) is 6.49. The Labute approximate surface area is 111 Å². The van der Waals surface area contributed by atoms with Crippen molar-refractivity contribution in [2.45, 2.75) is 23.8 Å². The van der Waals surface area contributed by atoms with Crippen LogP contribution < -0.4 is 0 Å². The van der Waals surface area contributed by atoms with Gasteiger partial charge in [0.2, 0.25) is 15.3 Å². The standard InChI is InChI=1S/C10H14ClN3O3S/c1-14(7-8-3-2-4-17-8)18(15,16)9-5-12-10(11)13-6-9/h5-6,8H,2-4,7H2,1H3. The first kappa shape index (κ1) is 13.7. The minimum absolute atomic E-state index is 0.0238. The first-order valence-corrected chi connectivity index (χ1v) is 7.37. The zero-order valence-electron chi connectivity index (χ0n) is 9.91. The van der Waals surface area contributed by atoms with Gasteiger partial charge in [-0.2, -0.15) is 4.31 Å². The number of sulfonamides is 1. The van der Waals surface area contributed by atoms with Crippen LogP contribution in [0.1, 0.15) is 12.8 Å². The van der Waals surface area contributed by atoms with Crippen LogP contribution in [0.5, 0.6) is 0 Å². The van der Waals surface area contributed by atoms with Crippen molar-refractivity contribution in [2.75, 3.05) is 20.2 Å². The molecule has 2 heterocycles. The fraction of sp³-hybridized carbons (Fsp3) is 0.600. The predicted molar refractivity (Wildman–Crippen MR) is 65.8 cm³/mol. The number of nitrogens with zero attached hydrogens (tertiary/aromatic N) is 3. The van der Waals surface area contributed by atoms with Crippen LogP contribution in [0.3, 0.4) is 0 Å². The smallest absolute Gasteiger partial charge is 0.245 e. The molecule has 1 aliphatic heterocycles. The van der Waals surface area contributed by atoms with E-state index in [-0.39, 0.29) is 16.3 Å². The summed E-state index contributed by atoms with van der Waals surface area (Å²) >= 11 is 5.53. The average Bonchev–Trinajstić information content (AvgIpc) is 2.82. The van der Waals surface area contributed by atoms with Crippen LogP contribution in [0.25, 0.3) is 0 Å². The highest BCUT2D eigenvalue weighted by Crippen LogP contribution is 2.18. The van der Waals surface area contributed by atoms with Gasteiger partial charge in [-0.15, -0.1) is 0 Å². The summed E-state index contributed by atoms with van der Waals surface area (Å²) in [5.74, 6) is 0. The van der Waals surface area contributed by atoms with Crippen LogP contribution in [0.4, 0.5) is 0 Å². The Morgan fingerprint density at radius 1 is 1.50 bits per heavy atom. The van der Waals surface area contributed by atoms with E-state index in [2.05, 4.69) is 9.97 Å². The monoisotopic (exact) mass is 291 g/mol. The number of hydrogen-bond acceptors (Lipinski definition) is 5. The number of likely N-dealkylation sites (N-methyl/N-ethyl adjacent to an activating group) is 1. The SMILES string of the molecule is CN(CC1CCCO1)S(=O)(=O)c1cnc(Cl)nc1. The summed E-state index contributed by atoms with van der Waals surface area (Å²) in [7, 11) is -2.05. The van der Waals surface area contributed by atoms with Gasteiger partial charge < -0.3 is 4.74 Å². The summed E-state index contributed by atoms with van der Waals surface area (Å²) in [4.78, 5) is 7.39. The van der Waals surface area contributed by atoms with Gasteiger partial charge in [0.05, 0.1) is 18.5 Å². The van der Waals surface area contributed by atoms with Gasteiger partial charge >= 0.3 is 0 Å². The van der Waals surface area contributed by atoms with Crippen molar-refractivity contribution in [1.29, 1.82) is 0 Å². The molecular weight excluding hydrogens is 278 g/mol. The highest BCUT2D eigenvalue weighted by molar-refractivity contribution is 7.89. The number of aromatic nitrogens is 2. The van der Waals surface area contributed by atoms with E-state index in [1.807, 2.05) is 0 Å². The molecule has 1 atom stereocenters. The maximum absolute atomic E-state index is 12.2. The second-order valence-electron chi connectivity index (χ2n) is 4.11. The van der Waals surface area contributed by atoms with Crippen LogP contribution in [-0.4, -0.2) is 49.0 Å². The van der Waals surface area contributed by atoms with Crippen molar-refractivity contribution in [1.82, 2.24) is 14.3 Å². The van der Waals surface area contributed by atoms with Gasteiger partial charge in [0.15, 0.2) is 0 Å². The molecule has 18 heavy (non-hydrogen) atoms. The topological polar surface area (TPSA) is 72.4 Å². The molecule has 0 radical (unpaired) electrons. The van der Waals surface area contributed by atoms with Crippen LogP contribution in [-0.2, 0) is 14.8 Å². The molecule has 0 saturated carbocycles. The van der Waals surface area contributed by atoms with Crippen molar-refractivity contribution in [3.63, 3.8) is 0 Å². The largest absolute Gasteiger partial charge is 0.377 e. The highest BCUT2D eigenvalue weighted by Gasteiger charge is 2.26. The van der Waals surface area contributed by atoms with Gasteiger partial charge in [-0.25, -0.2) is 18.4 Å². The first-order chi connectivity index (χ1) is 8.50. The summed E-state index contributed by atoms with van der Waals surface area (Å²) in [5, 5.41) is 0.0238. The highest BCUT2D eigenvalue weighted by atomic mass is 35.5. The van der Waals surface area contributed by atoms with E-state index in [0.29, 0.717) is 13.2 Å². The van der Waals surface area contributed by atoms with Gasteiger partial charge in [-0.05, 0) is 24.4 Å². The van der Waals surface area contributed by atoms with Crippen molar-refractivity contribution in [3.8, 4) is 0 Å². The maximum atomic E-state index is 12.2.